The highest BCUT2D eigenvalue weighted by Gasteiger charge is 2.30. The van der Waals surface area contributed by atoms with Crippen LogP contribution in [-0.2, 0) is 6.54 Å². The van der Waals surface area contributed by atoms with E-state index in [9.17, 15) is 4.39 Å². The van der Waals surface area contributed by atoms with Crippen LogP contribution in [0.15, 0.2) is 24.3 Å². The monoisotopic (exact) mass is 232 g/mol. The predicted octanol–water partition coefficient (Wildman–Crippen LogP) is 1.88. The van der Waals surface area contributed by atoms with Gasteiger partial charge in [0, 0.05) is 6.04 Å². The topological polar surface area (TPSA) is 56.7 Å². The summed E-state index contributed by atoms with van der Waals surface area (Å²) in [7, 11) is 0. The average molecular weight is 232 g/mol. The molecule has 2 aromatic rings. The fourth-order valence-corrected chi connectivity index (χ4v) is 2.01. The Morgan fingerprint density at radius 2 is 2.06 bits per heavy atom. The summed E-state index contributed by atoms with van der Waals surface area (Å²) in [6.07, 6.45) is 2.18. The first-order valence-electron chi connectivity index (χ1n) is 5.70. The summed E-state index contributed by atoms with van der Waals surface area (Å²) in [6.45, 7) is 0.331. The molecule has 0 amide bonds. The number of rotatable bonds is 3. The minimum atomic E-state index is -0.273. The Labute approximate surface area is 98.3 Å². The molecular weight excluding hydrogens is 219 g/mol. The highest BCUT2D eigenvalue weighted by Crippen LogP contribution is 2.39. The van der Waals surface area contributed by atoms with E-state index in [1.807, 2.05) is 4.57 Å². The summed E-state index contributed by atoms with van der Waals surface area (Å²) in [6, 6.07) is 7.01. The molecule has 0 saturated heterocycles. The van der Waals surface area contributed by atoms with Gasteiger partial charge in [-0.05, 0) is 25.0 Å². The fraction of sp³-hybridized carbons (Fsp3) is 0.333. The van der Waals surface area contributed by atoms with E-state index < -0.39 is 0 Å². The van der Waals surface area contributed by atoms with Crippen LogP contribution in [0.1, 0.15) is 24.7 Å². The molecule has 4 nitrogen and oxygen atoms in total. The number of halogens is 1. The van der Waals surface area contributed by atoms with E-state index in [2.05, 4.69) is 10.2 Å². The molecule has 1 saturated carbocycles. The highest BCUT2D eigenvalue weighted by atomic mass is 19.1. The van der Waals surface area contributed by atoms with Crippen molar-refractivity contribution in [3.05, 3.63) is 35.9 Å². The maximum absolute atomic E-state index is 13.7. The Bertz CT molecular complexity index is 545. The van der Waals surface area contributed by atoms with Crippen molar-refractivity contribution in [2.24, 2.45) is 5.73 Å². The molecule has 0 spiro atoms. The predicted molar refractivity (Wildman–Crippen MR) is 61.6 cm³/mol. The second-order valence-corrected chi connectivity index (χ2v) is 4.22. The van der Waals surface area contributed by atoms with Gasteiger partial charge in [0.2, 0.25) is 0 Å². The number of nitrogens with zero attached hydrogens (tertiary/aromatic N) is 3. The Morgan fingerprint density at radius 3 is 2.71 bits per heavy atom. The summed E-state index contributed by atoms with van der Waals surface area (Å²) in [4.78, 5) is 0. The minimum absolute atomic E-state index is 0.273. The lowest BCUT2D eigenvalue weighted by Crippen LogP contribution is -2.08. The lowest BCUT2D eigenvalue weighted by atomic mass is 10.2. The van der Waals surface area contributed by atoms with Gasteiger partial charge in [0.25, 0.3) is 0 Å². The molecule has 0 radical (unpaired) electrons. The van der Waals surface area contributed by atoms with Crippen molar-refractivity contribution in [2.45, 2.75) is 25.4 Å². The van der Waals surface area contributed by atoms with Crippen molar-refractivity contribution < 1.29 is 4.39 Å². The first-order chi connectivity index (χ1) is 8.31. The standard InChI is InChI=1S/C12H13FN4/c13-10-4-2-1-3-9(10)12-16-15-11(7-14)17(12)8-5-6-8/h1-4,8H,5-7,14H2. The van der Waals surface area contributed by atoms with Crippen LogP contribution in [0.2, 0.25) is 0 Å². The van der Waals surface area contributed by atoms with Crippen molar-refractivity contribution in [1.29, 1.82) is 0 Å². The molecule has 1 heterocycles. The zero-order valence-electron chi connectivity index (χ0n) is 9.31. The van der Waals surface area contributed by atoms with Gasteiger partial charge in [0.05, 0.1) is 12.1 Å². The van der Waals surface area contributed by atoms with E-state index in [-0.39, 0.29) is 5.82 Å². The van der Waals surface area contributed by atoms with Gasteiger partial charge in [-0.1, -0.05) is 12.1 Å². The first-order valence-corrected chi connectivity index (χ1v) is 5.70. The number of nitrogens with two attached hydrogens (primary N) is 1. The molecule has 3 rings (SSSR count). The van der Waals surface area contributed by atoms with Crippen LogP contribution in [0.25, 0.3) is 11.4 Å². The second-order valence-electron chi connectivity index (χ2n) is 4.22. The lowest BCUT2D eigenvalue weighted by molar-refractivity contribution is 0.624. The number of aromatic nitrogens is 3. The summed E-state index contributed by atoms with van der Waals surface area (Å²) in [5.41, 5.74) is 6.12. The van der Waals surface area contributed by atoms with Crippen LogP contribution in [0.4, 0.5) is 4.39 Å². The molecule has 1 aliphatic carbocycles. The van der Waals surface area contributed by atoms with Gasteiger partial charge in [-0.25, -0.2) is 4.39 Å². The fourth-order valence-electron chi connectivity index (χ4n) is 2.01. The Hall–Kier alpha value is -1.75. The first kappa shape index (κ1) is 10.4. The van der Waals surface area contributed by atoms with E-state index in [1.54, 1.807) is 18.2 Å². The average Bonchev–Trinajstić information content (AvgIpc) is 3.10. The van der Waals surface area contributed by atoms with Crippen LogP contribution < -0.4 is 5.73 Å². The Balaban J connectivity index is 2.14. The van der Waals surface area contributed by atoms with Crippen LogP contribution >= 0.6 is 0 Å². The van der Waals surface area contributed by atoms with E-state index in [0.29, 0.717) is 24.0 Å². The largest absolute Gasteiger partial charge is 0.324 e. The van der Waals surface area contributed by atoms with Gasteiger partial charge in [-0.3, -0.25) is 0 Å². The molecule has 0 atom stereocenters. The molecule has 1 aliphatic rings. The summed E-state index contributed by atoms with van der Waals surface area (Å²) in [5.74, 6) is 1.04. The van der Waals surface area contributed by atoms with Crippen LogP contribution in [-0.4, -0.2) is 14.8 Å². The van der Waals surface area contributed by atoms with Crippen molar-refractivity contribution in [3.63, 3.8) is 0 Å². The van der Waals surface area contributed by atoms with Crippen LogP contribution in [0.3, 0.4) is 0 Å². The Kier molecular flexibility index (Phi) is 2.40. The molecule has 88 valence electrons. The second kappa shape index (κ2) is 3.92. The van der Waals surface area contributed by atoms with E-state index in [4.69, 9.17) is 5.73 Å². The van der Waals surface area contributed by atoms with Crippen molar-refractivity contribution >= 4 is 0 Å². The van der Waals surface area contributed by atoms with Gasteiger partial charge in [-0.2, -0.15) is 0 Å². The quantitative estimate of drug-likeness (QED) is 0.879. The van der Waals surface area contributed by atoms with Gasteiger partial charge < -0.3 is 10.3 Å². The molecule has 0 aliphatic heterocycles. The van der Waals surface area contributed by atoms with Crippen LogP contribution in [0, 0.1) is 5.82 Å². The van der Waals surface area contributed by atoms with Crippen LogP contribution in [0.5, 0.6) is 0 Å². The van der Waals surface area contributed by atoms with Gasteiger partial charge in [0.15, 0.2) is 5.82 Å². The zero-order valence-corrected chi connectivity index (χ0v) is 9.31. The lowest BCUT2D eigenvalue weighted by Gasteiger charge is -2.08. The SMILES string of the molecule is NCc1nnc(-c2ccccc2F)n1C1CC1. The maximum atomic E-state index is 13.7. The molecule has 1 aromatic carbocycles. The van der Waals surface area contributed by atoms with Gasteiger partial charge in [0.1, 0.15) is 11.6 Å². The molecule has 1 fully saturated rings. The van der Waals surface area contributed by atoms with Crippen molar-refractivity contribution in [3.8, 4) is 11.4 Å². The molecule has 17 heavy (non-hydrogen) atoms. The highest BCUT2D eigenvalue weighted by molar-refractivity contribution is 5.56. The third-order valence-corrected chi connectivity index (χ3v) is 2.98. The molecular formula is C12H13FN4. The van der Waals surface area contributed by atoms with E-state index >= 15 is 0 Å². The molecule has 5 heteroatoms. The minimum Gasteiger partial charge on any atom is -0.324 e. The molecule has 1 aromatic heterocycles. The van der Waals surface area contributed by atoms with Crippen molar-refractivity contribution in [1.82, 2.24) is 14.8 Å². The smallest absolute Gasteiger partial charge is 0.167 e. The summed E-state index contributed by atoms with van der Waals surface area (Å²) in [5, 5.41) is 8.11. The zero-order chi connectivity index (χ0) is 11.8. The Morgan fingerprint density at radius 1 is 1.29 bits per heavy atom. The number of hydrogen-bond acceptors (Lipinski definition) is 3. The van der Waals surface area contributed by atoms with Gasteiger partial charge >= 0.3 is 0 Å². The third-order valence-electron chi connectivity index (χ3n) is 2.98. The number of hydrogen-bond donors (Lipinski definition) is 1. The third kappa shape index (κ3) is 1.72. The van der Waals surface area contributed by atoms with Gasteiger partial charge in [-0.15, -0.1) is 10.2 Å². The molecule has 0 bridgehead atoms. The number of benzene rings is 1. The molecule has 0 unspecified atom stereocenters. The molecule has 2 N–H and O–H groups in total. The normalized spacial score (nSPS) is 15.2. The van der Waals surface area contributed by atoms with E-state index in [0.717, 1.165) is 18.7 Å². The van der Waals surface area contributed by atoms with Crippen molar-refractivity contribution in [2.75, 3.05) is 0 Å². The van der Waals surface area contributed by atoms with E-state index in [1.165, 1.54) is 6.07 Å². The maximum Gasteiger partial charge on any atom is 0.167 e. The summed E-state index contributed by atoms with van der Waals surface area (Å²) < 4.78 is 15.7. The summed E-state index contributed by atoms with van der Waals surface area (Å²) >= 11 is 0.